The third-order valence-corrected chi connectivity index (χ3v) is 4.81. The predicted octanol–water partition coefficient (Wildman–Crippen LogP) is 2.71. The van der Waals surface area contributed by atoms with E-state index in [0.29, 0.717) is 37.2 Å². The molecule has 0 radical (unpaired) electrons. The van der Waals surface area contributed by atoms with Crippen molar-refractivity contribution >= 4 is 17.8 Å². The topological polar surface area (TPSA) is 75.7 Å². The van der Waals surface area contributed by atoms with Crippen molar-refractivity contribution in [2.75, 3.05) is 13.1 Å². The van der Waals surface area contributed by atoms with Crippen molar-refractivity contribution in [3.8, 4) is 5.75 Å². The van der Waals surface area contributed by atoms with E-state index in [2.05, 4.69) is 5.32 Å². The van der Waals surface area contributed by atoms with Gasteiger partial charge in [-0.05, 0) is 48.7 Å². The minimum Gasteiger partial charge on any atom is -0.427 e. The van der Waals surface area contributed by atoms with Crippen molar-refractivity contribution in [2.45, 2.75) is 32.2 Å². The first-order valence-electron chi connectivity index (χ1n) is 9.52. The molecule has 1 heterocycles. The third kappa shape index (κ3) is 5.88. The van der Waals surface area contributed by atoms with E-state index in [0.717, 1.165) is 5.56 Å². The first-order chi connectivity index (χ1) is 13.9. The van der Waals surface area contributed by atoms with Gasteiger partial charge in [0.2, 0.25) is 5.91 Å². The molecule has 3 rings (SSSR count). The Labute approximate surface area is 168 Å². The van der Waals surface area contributed by atoms with E-state index in [1.165, 1.54) is 25.1 Å². The normalized spacial score (nSPS) is 14.3. The quantitative estimate of drug-likeness (QED) is 0.621. The van der Waals surface area contributed by atoms with E-state index in [4.69, 9.17) is 4.74 Å². The summed E-state index contributed by atoms with van der Waals surface area (Å²) in [6, 6.07) is 12.3. The van der Waals surface area contributed by atoms with Gasteiger partial charge in [0, 0.05) is 31.6 Å². The van der Waals surface area contributed by atoms with Crippen LogP contribution in [0, 0.1) is 5.82 Å². The van der Waals surface area contributed by atoms with Crippen molar-refractivity contribution in [1.82, 2.24) is 10.2 Å². The summed E-state index contributed by atoms with van der Waals surface area (Å²) in [6.07, 6.45) is 1.55. The fourth-order valence-electron chi connectivity index (χ4n) is 3.30. The second-order valence-electron chi connectivity index (χ2n) is 7.05. The maximum absolute atomic E-state index is 13.0. The highest BCUT2D eigenvalue weighted by Crippen LogP contribution is 2.16. The molecule has 0 saturated carbocycles. The van der Waals surface area contributed by atoms with Crippen LogP contribution in [-0.4, -0.2) is 41.8 Å². The molecule has 1 aliphatic heterocycles. The zero-order valence-electron chi connectivity index (χ0n) is 16.2. The monoisotopic (exact) mass is 398 g/mol. The molecule has 2 amide bonds. The number of nitrogens with one attached hydrogen (secondary N) is 1. The predicted molar refractivity (Wildman–Crippen MR) is 105 cm³/mol. The second-order valence-corrected chi connectivity index (χ2v) is 7.05. The van der Waals surface area contributed by atoms with Crippen LogP contribution in [0.15, 0.2) is 48.5 Å². The summed E-state index contributed by atoms with van der Waals surface area (Å²) in [5.41, 5.74) is 1.19. The van der Waals surface area contributed by atoms with E-state index >= 15 is 0 Å². The Balaban J connectivity index is 1.49. The molecule has 29 heavy (non-hydrogen) atoms. The smallest absolute Gasteiger partial charge is 0.308 e. The standard InChI is InChI=1S/C22H23FN2O4/c1-15(26)29-20-4-2-3-17(14-20)22(28)24-19-9-11-25(12-10-19)21(27)13-16-5-7-18(23)8-6-16/h2-8,14,19H,9-13H2,1H3,(H,24,28). The average Bonchev–Trinajstić information content (AvgIpc) is 2.70. The van der Waals surface area contributed by atoms with Gasteiger partial charge in [-0.3, -0.25) is 14.4 Å². The van der Waals surface area contributed by atoms with E-state index < -0.39 is 5.97 Å². The van der Waals surface area contributed by atoms with Crippen molar-refractivity contribution in [3.05, 3.63) is 65.5 Å². The zero-order chi connectivity index (χ0) is 20.8. The summed E-state index contributed by atoms with van der Waals surface area (Å²) < 4.78 is 18.0. The molecule has 152 valence electrons. The average molecular weight is 398 g/mol. The fraction of sp³-hybridized carbons (Fsp3) is 0.318. The van der Waals surface area contributed by atoms with Gasteiger partial charge >= 0.3 is 5.97 Å². The van der Waals surface area contributed by atoms with Gasteiger partial charge in [-0.25, -0.2) is 4.39 Å². The zero-order valence-corrected chi connectivity index (χ0v) is 16.2. The van der Waals surface area contributed by atoms with Crippen molar-refractivity contribution < 1.29 is 23.5 Å². The van der Waals surface area contributed by atoms with Gasteiger partial charge in [0.25, 0.3) is 5.91 Å². The molecule has 0 atom stereocenters. The van der Waals surface area contributed by atoms with Gasteiger partial charge in [0.1, 0.15) is 11.6 Å². The van der Waals surface area contributed by atoms with Crippen LogP contribution in [-0.2, 0) is 16.0 Å². The number of carbonyl (C=O) groups excluding carboxylic acids is 3. The summed E-state index contributed by atoms with van der Waals surface area (Å²) in [5, 5.41) is 2.97. The highest BCUT2D eigenvalue weighted by atomic mass is 19.1. The molecular weight excluding hydrogens is 375 g/mol. The lowest BCUT2D eigenvalue weighted by Gasteiger charge is -2.32. The van der Waals surface area contributed by atoms with E-state index in [1.54, 1.807) is 35.2 Å². The Morgan fingerprint density at radius 1 is 1.10 bits per heavy atom. The molecule has 0 bridgehead atoms. The maximum Gasteiger partial charge on any atom is 0.308 e. The van der Waals surface area contributed by atoms with E-state index in [-0.39, 0.29) is 30.1 Å². The van der Waals surface area contributed by atoms with Crippen LogP contribution < -0.4 is 10.1 Å². The van der Waals surface area contributed by atoms with Gasteiger partial charge in [-0.15, -0.1) is 0 Å². The number of hydrogen-bond acceptors (Lipinski definition) is 4. The molecule has 7 heteroatoms. The first kappa shape index (κ1) is 20.5. The largest absolute Gasteiger partial charge is 0.427 e. The van der Waals surface area contributed by atoms with Crippen molar-refractivity contribution in [2.24, 2.45) is 0 Å². The summed E-state index contributed by atoms with van der Waals surface area (Å²) in [7, 11) is 0. The molecule has 0 aromatic heterocycles. The van der Waals surface area contributed by atoms with Crippen LogP contribution in [0.1, 0.15) is 35.7 Å². The number of hydrogen-bond donors (Lipinski definition) is 1. The summed E-state index contributed by atoms with van der Waals surface area (Å²) >= 11 is 0. The number of amides is 2. The molecule has 0 unspecified atom stereocenters. The van der Waals surface area contributed by atoms with Gasteiger partial charge in [0.05, 0.1) is 6.42 Å². The molecular formula is C22H23FN2O4. The number of benzene rings is 2. The van der Waals surface area contributed by atoms with Crippen LogP contribution in [0.5, 0.6) is 5.75 Å². The van der Waals surface area contributed by atoms with Crippen molar-refractivity contribution in [1.29, 1.82) is 0 Å². The van der Waals surface area contributed by atoms with Crippen LogP contribution in [0.2, 0.25) is 0 Å². The minimum absolute atomic E-state index is 0.00420. The molecule has 1 saturated heterocycles. The maximum atomic E-state index is 13.0. The van der Waals surface area contributed by atoms with Gasteiger partial charge in [0.15, 0.2) is 0 Å². The molecule has 0 spiro atoms. The molecule has 0 aliphatic carbocycles. The molecule has 1 aliphatic rings. The number of halogens is 1. The summed E-state index contributed by atoms with van der Waals surface area (Å²) in [6.45, 7) is 2.41. The van der Waals surface area contributed by atoms with Gasteiger partial charge in [-0.2, -0.15) is 0 Å². The molecule has 1 N–H and O–H groups in total. The van der Waals surface area contributed by atoms with Crippen LogP contribution in [0.3, 0.4) is 0 Å². The molecule has 2 aromatic carbocycles. The van der Waals surface area contributed by atoms with Crippen LogP contribution >= 0.6 is 0 Å². The number of likely N-dealkylation sites (tertiary alicyclic amines) is 1. The van der Waals surface area contributed by atoms with Crippen LogP contribution in [0.4, 0.5) is 4.39 Å². The van der Waals surface area contributed by atoms with Crippen LogP contribution in [0.25, 0.3) is 0 Å². The third-order valence-electron chi connectivity index (χ3n) is 4.81. The Kier molecular flexibility index (Phi) is 6.59. The number of piperidine rings is 1. The lowest BCUT2D eigenvalue weighted by molar-refractivity contribution is -0.132. The first-order valence-corrected chi connectivity index (χ1v) is 9.52. The van der Waals surface area contributed by atoms with Crippen molar-refractivity contribution in [3.63, 3.8) is 0 Å². The lowest BCUT2D eigenvalue weighted by atomic mass is 10.0. The van der Waals surface area contributed by atoms with E-state index in [1.807, 2.05) is 0 Å². The minimum atomic E-state index is -0.444. The molecule has 1 fully saturated rings. The molecule has 2 aromatic rings. The Bertz CT molecular complexity index is 890. The number of carbonyl (C=O) groups is 3. The highest BCUT2D eigenvalue weighted by Gasteiger charge is 2.24. The second kappa shape index (κ2) is 9.32. The summed E-state index contributed by atoms with van der Waals surface area (Å²) in [5.74, 6) is -0.687. The van der Waals surface area contributed by atoms with Gasteiger partial charge < -0.3 is 15.0 Å². The molecule has 6 nitrogen and oxygen atoms in total. The Morgan fingerprint density at radius 3 is 2.45 bits per heavy atom. The summed E-state index contributed by atoms with van der Waals surface area (Å²) in [4.78, 5) is 37.7. The van der Waals surface area contributed by atoms with Gasteiger partial charge in [-0.1, -0.05) is 18.2 Å². The number of ether oxygens (including phenoxy) is 1. The SMILES string of the molecule is CC(=O)Oc1cccc(C(=O)NC2CCN(C(=O)Cc3ccc(F)cc3)CC2)c1. The number of esters is 1. The Morgan fingerprint density at radius 2 is 1.79 bits per heavy atom. The highest BCUT2D eigenvalue weighted by molar-refractivity contribution is 5.95. The lowest BCUT2D eigenvalue weighted by Crippen LogP contribution is -2.47. The number of rotatable bonds is 5. The van der Waals surface area contributed by atoms with E-state index in [9.17, 15) is 18.8 Å². The Hall–Kier alpha value is -3.22. The fourth-order valence-corrected chi connectivity index (χ4v) is 3.30. The number of nitrogens with zero attached hydrogens (tertiary/aromatic N) is 1.